The molecule has 1 aromatic heterocycles. The molecule has 1 amide bonds. The molecule has 1 unspecified atom stereocenters. The number of fused-ring (bicyclic) bond motifs is 2. The standard InChI is InChI=1S/C26H23N3O2/c27-25(22-13-11-16-5-1-2-6-18(16)22)21-9-3-8-20-19(21)7-4-10-23(20)31-24-14-12-17(15-29-24)26(28)30/h1-10,12,14-15,22,25H,11,13,27H2,(H2,28,30)/t22-,25?/m1/s1. The van der Waals surface area contributed by atoms with Crippen LogP contribution >= 0.6 is 0 Å². The van der Waals surface area contributed by atoms with Crippen LogP contribution in [0.3, 0.4) is 0 Å². The van der Waals surface area contributed by atoms with Crippen molar-refractivity contribution in [3.63, 3.8) is 0 Å². The second-order valence-electron chi connectivity index (χ2n) is 7.92. The number of aromatic nitrogens is 1. The van der Waals surface area contributed by atoms with Gasteiger partial charge >= 0.3 is 0 Å². The Morgan fingerprint density at radius 1 is 0.968 bits per heavy atom. The Morgan fingerprint density at radius 2 is 1.77 bits per heavy atom. The third-order valence-electron chi connectivity index (χ3n) is 6.12. The van der Waals surface area contributed by atoms with Gasteiger partial charge in [0.2, 0.25) is 11.8 Å². The predicted octanol–water partition coefficient (Wildman–Crippen LogP) is 4.86. The minimum absolute atomic E-state index is 0.101. The summed E-state index contributed by atoms with van der Waals surface area (Å²) >= 11 is 0. The minimum atomic E-state index is -0.517. The molecular weight excluding hydrogens is 386 g/mol. The van der Waals surface area contributed by atoms with Crippen molar-refractivity contribution in [3.05, 3.63) is 101 Å². The molecule has 2 atom stereocenters. The summed E-state index contributed by atoms with van der Waals surface area (Å²) < 4.78 is 6.04. The van der Waals surface area contributed by atoms with E-state index >= 15 is 0 Å². The molecule has 0 fully saturated rings. The topological polar surface area (TPSA) is 91.2 Å². The van der Waals surface area contributed by atoms with E-state index in [0.717, 1.165) is 29.2 Å². The van der Waals surface area contributed by atoms with Crippen molar-refractivity contribution >= 4 is 16.7 Å². The van der Waals surface area contributed by atoms with E-state index in [1.54, 1.807) is 12.1 Å². The maximum absolute atomic E-state index is 11.3. The second-order valence-corrected chi connectivity index (χ2v) is 7.92. The molecule has 1 heterocycles. The summed E-state index contributed by atoms with van der Waals surface area (Å²) in [5.41, 5.74) is 16.3. The zero-order chi connectivity index (χ0) is 21.4. The van der Waals surface area contributed by atoms with Crippen LogP contribution in [-0.4, -0.2) is 10.9 Å². The molecule has 5 heteroatoms. The lowest BCUT2D eigenvalue weighted by Gasteiger charge is -2.23. The van der Waals surface area contributed by atoms with Crippen molar-refractivity contribution < 1.29 is 9.53 Å². The lowest BCUT2D eigenvalue weighted by atomic mass is 9.86. The van der Waals surface area contributed by atoms with Gasteiger partial charge in [-0.25, -0.2) is 4.98 Å². The van der Waals surface area contributed by atoms with E-state index in [1.165, 1.54) is 17.3 Å². The molecule has 31 heavy (non-hydrogen) atoms. The van der Waals surface area contributed by atoms with E-state index in [4.69, 9.17) is 16.2 Å². The van der Waals surface area contributed by atoms with Crippen LogP contribution < -0.4 is 16.2 Å². The fraction of sp³-hybridized carbons (Fsp3) is 0.154. The maximum atomic E-state index is 11.3. The molecule has 1 aliphatic carbocycles. The second kappa shape index (κ2) is 7.85. The van der Waals surface area contributed by atoms with E-state index in [2.05, 4.69) is 41.4 Å². The molecule has 3 aromatic carbocycles. The number of carbonyl (C=O) groups is 1. The molecule has 0 aliphatic heterocycles. The molecule has 0 saturated carbocycles. The fourth-order valence-electron chi connectivity index (χ4n) is 4.56. The van der Waals surface area contributed by atoms with Gasteiger partial charge in [0.05, 0.1) is 5.56 Å². The number of ether oxygens (including phenoxy) is 1. The lowest BCUT2D eigenvalue weighted by Crippen LogP contribution is -2.18. The molecule has 4 N–H and O–H groups in total. The lowest BCUT2D eigenvalue weighted by molar-refractivity contribution is 0.1000. The molecule has 5 nitrogen and oxygen atoms in total. The van der Waals surface area contributed by atoms with E-state index in [-0.39, 0.29) is 6.04 Å². The number of hydrogen-bond acceptors (Lipinski definition) is 4. The van der Waals surface area contributed by atoms with Crippen molar-refractivity contribution in [3.8, 4) is 11.6 Å². The number of nitrogens with zero attached hydrogens (tertiary/aromatic N) is 1. The molecule has 4 aromatic rings. The number of rotatable bonds is 5. The van der Waals surface area contributed by atoms with Crippen LogP contribution in [0.15, 0.2) is 79.0 Å². The van der Waals surface area contributed by atoms with Gasteiger partial charge in [0.25, 0.3) is 0 Å². The Bertz CT molecular complexity index is 1270. The third-order valence-corrected chi connectivity index (χ3v) is 6.12. The number of aryl methyl sites for hydroxylation is 1. The first-order chi connectivity index (χ1) is 15.1. The Balaban J connectivity index is 1.50. The summed E-state index contributed by atoms with van der Waals surface area (Å²) in [7, 11) is 0. The number of primary amides is 1. The molecule has 1 aliphatic rings. The van der Waals surface area contributed by atoms with Crippen molar-refractivity contribution in [2.75, 3.05) is 0 Å². The summed E-state index contributed by atoms with van der Waals surface area (Å²) in [5, 5.41) is 2.05. The molecule has 154 valence electrons. The average Bonchev–Trinajstić information content (AvgIpc) is 3.23. The van der Waals surface area contributed by atoms with Crippen molar-refractivity contribution in [2.45, 2.75) is 24.8 Å². The average molecular weight is 409 g/mol. The highest BCUT2D eigenvalue weighted by Gasteiger charge is 2.29. The molecule has 0 bridgehead atoms. The van der Waals surface area contributed by atoms with Crippen LogP contribution in [-0.2, 0) is 6.42 Å². The van der Waals surface area contributed by atoms with Gasteiger partial charge in [0, 0.05) is 29.6 Å². The Kier molecular flexibility index (Phi) is 4.88. The van der Waals surface area contributed by atoms with Gasteiger partial charge in [-0.1, -0.05) is 54.6 Å². The van der Waals surface area contributed by atoms with E-state index in [9.17, 15) is 4.79 Å². The zero-order valence-corrected chi connectivity index (χ0v) is 17.0. The van der Waals surface area contributed by atoms with Crippen LogP contribution in [0.1, 0.15) is 45.4 Å². The first-order valence-electron chi connectivity index (χ1n) is 10.4. The summed E-state index contributed by atoms with van der Waals surface area (Å²) in [6.07, 6.45) is 3.55. The molecule has 0 radical (unpaired) electrons. The monoisotopic (exact) mass is 409 g/mol. The van der Waals surface area contributed by atoms with Crippen LogP contribution in [0.2, 0.25) is 0 Å². The van der Waals surface area contributed by atoms with E-state index in [0.29, 0.717) is 23.1 Å². The summed E-state index contributed by atoms with van der Waals surface area (Å²) in [5.74, 6) is 0.875. The summed E-state index contributed by atoms with van der Waals surface area (Å²) in [6.45, 7) is 0. The number of pyridine rings is 1. The SMILES string of the molecule is NC(=O)c1ccc(Oc2cccc3c(C(N)[C@@H]4CCc5ccccc54)cccc23)nc1. The van der Waals surface area contributed by atoms with Gasteiger partial charge in [0.1, 0.15) is 5.75 Å². The third kappa shape index (κ3) is 3.53. The number of amides is 1. The highest BCUT2D eigenvalue weighted by molar-refractivity contribution is 5.93. The largest absolute Gasteiger partial charge is 0.438 e. The van der Waals surface area contributed by atoms with E-state index < -0.39 is 5.91 Å². The van der Waals surface area contributed by atoms with Crippen LogP contribution in [0.25, 0.3) is 10.8 Å². The van der Waals surface area contributed by atoms with Gasteiger partial charge in [-0.15, -0.1) is 0 Å². The fourth-order valence-corrected chi connectivity index (χ4v) is 4.56. The van der Waals surface area contributed by atoms with Crippen LogP contribution in [0, 0.1) is 0 Å². The van der Waals surface area contributed by atoms with Crippen LogP contribution in [0.4, 0.5) is 0 Å². The van der Waals surface area contributed by atoms with Crippen molar-refractivity contribution in [2.24, 2.45) is 11.5 Å². The Hall–Kier alpha value is -3.70. The maximum Gasteiger partial charge on any atom is 0.250 e. The summed E-state index contributed by atoms with van der Waals surface area (Å²) in [6, 6.07) is 23.9. The number of benzene rings is 3. The quantitative estimate of drug-likeness (QED) is 0.493. The Morgan fingerprint density at radius 3 is 2.58 bits per heavy atom. The first kappa shape index (κ1) is 19.3. The minimum Gasteiger partial charge on any atom is -0.438 e. The number of carbonyl (C=O) groups excluding carboxylic acids is 1. The number of hydrogen-bond donors (Lipinski definition) is 2. The van der Waals surface area contributed by atoms with Crippen molar-refractivity contribution in [1.29, 1.82) is 0 Å². The smallest absolute Gasteiger partial charge is 0.250 e. The molecule has 0 saturated heterocycles. The van der Waals surface area contributed by atoms with Gasteiger partial charge in [-0.2, -0.15) is 0 Å². The zero-order valence-electron chi connectivity index (χ0n) is 17.0. The van der Waals surface area contributed by atoms with Gasteiger partial charge in [-0.3, -0.25) is 4.79 Å². The normalized spacial score (nSPS) is 16.1. The van der Waals surface area contributed by atoms with Crippen LogP contribution in [0.5, 0.6) is 11.6 Å². The van der Waals surface area contributed by atoms with Crippen molar-refractivity contribution in [1.82, 2.24) is 4.98 Å². The molecule has 5 rings (SSSR count). The van der Waals surface area contributed by atoms with Gasteiger partial charge in [-0.05, 0) is 47.1 Å². The molecule has 0 spiro atoms. The van der Waals surface area contributed by atoms with Gasteiger partial charge < -0.3 is 16.2 Å². The highest BCUT2D eigenvalue weighted by atomic mass is 16.5. The summed E-state index contributed by atoms with van der Waals surface area (Å²) in [4.78, 5) is 15.5. The highest BCUT2D eigenvalue weighted by Crippen LogP contribution is 2.43. The predicted molar refractivity (Wildman–Crippen MR) is 121 cm³/mol. The van der Waals surface area contributed by atoms with Gasteiger partial charge in [0.15, 0.2) is 0 Å². The first-order valence-corrected chi connectivity index (χ1v) is 10.4. The number of nitrogens with two attached hydrogens (primary N) is 2. The Labute approximate surface area is 180 Å². The van der Waals surface area contributed by atoms with E-state index in [1.807, 2.05) is 24.3 Å². The molecular formula is C26H23N3O2.